The molecule has 1 N–H and O–H groups in total. The summed E-state index contributed by atoms with van der Waals surface area (Å²) in [4.78, 5) is 12.1. The summed E-state index contributed by atoms with van der Waals surface area (Å²) in [6.07, 6.45) is 4.75. The highest BCUT2D eigenvalue weighted by atomic mass is 19.1. The van der Waals surface area contributed by atoms with Crippen molar-refractivity contribution < 1.29 is 13.9 Å². The zero-order chi connectivity index (χ0) is 13.4. The predicted octanol–water partition coefficient (Wildman–Crippen LogP) is 2.75. The number of hydrogen-bond acceptors (Lipinski definition) is 2. The van der Waals surface area contributed by atoms with E-state index in [9.17, 15) is 9.18 Å². The Balaban J connectivity index is 1.72. The average molecular weight is 263 g/mol. The fourth-order valence-corrected chi connectivity index (χ4v) is 2.57. The molecule has 0 aromatic heterocycles. The molecule has 0 atom stereocenters. The van der Waals surface area contributed by atoms with Gasteiger partial charge in [-0.05, 0) is 49.7 Å². The SMILES string of the molecule is COc1ccc(C(=O)NC(C2CC2)C2CC2)c(F)c1. The highest BCUT2D eigenvalue weighted by Crippen LogP contribution is 2.44. The second-order valence-corrected chi connectivity index (χ2v) is 5.52. The predicted molar refractivity (Wildman–Crippen MR) is 69.7 cm³/mol. The first-order chi connectivity index (χ1) is 9.19. The van der Waals surface area contributed by atoms with Gasteiger partial charge in [-0.1, -0.05) is 0 Å². The Morgan fingerprint density at radius 2 is 1.95 bits per heavy atom. The van der Waals surface area contributed by atoms with Crippen LogP contribution in [0.3, 0.4) is 0 Å². The summed E-state index contributed by atoms with van der Waals surface area (Å²) >= 11 is 0. The maximum Gasteiger partial charge on any atom is 0.254 e. The molecule has 0 aliphatic heterocycles. The Bertz CT molecular complexity index is 483. The molecule has 0 unspecified atom stereocenters. The van der Waals surface area contributed by atoms with Crippen LogP contribution in [0.25, 0.3) is 0 Å². The van der Waals surface area contributed by atoms with Crippen LogP contribution in [0.1, 0.15) is 36.0 Å². The molecule has 0 radical (unpaired) electrons. The first-order valence-corrected chi connectivity index (χ1v) is 6.83. The normalized spacial score (nSPS) is 18.5. The molecule has 0 saturated heterocycles. The molecule has 2 saturated carbocycles. The zero-order valence-electron chi connectivity index (χ0n) is 11.0. The highest BCUT2D eigenvalue weighted by Gasteiger charge is 2.42. The van der Waals surface area contributed by atoms with Crippen molar-refractivity contribution in [2.24, 2.45) is 11.8 Å². The van der Waals surface area contributed by atoms with Crippen molar-refractivity contribution in [3.63, 3.8) is 0 Å². The van der Waals surface area contributed by atoms with Crippen LogP contribution in [-0.4, -0.2) is 19.1 Å². The molecule has 0 spiro atoms. The van der Waals surface area contributed by atoms with E-state index >= 15 is 0 Å². The number of methoxy groups -OCH3 is 1. The second kappa shape index (κ2) is 4.83. The molecule has 0 bridgehead atoms. The summed E-state index contributed by atoms with van der Waals surface area (Å²) in [5.41, 5.74) is 0.104. The van der Waals surface area contributed by atoms with Gasteiger partial charge in [0, 0.05) is 12.1 Å². The highest BCUT2D eigenvalue weighted by molar-refractivity contribution is 5.94. The van der Waals surface area contributed by atoms with Gasteiger partial charge in [0.05, 0.1) is 12.7 Å². The smallest absolute Gasteiger partial charge is 0.254 e. The van der Waals surface area contributed by atoms with Crippen molar-refractivity contribution in [3.05, 3.63) is 29.6 Å². The van der Waals surface area contributed by atoms with E-state index in [1.54, 1.807) is 6.07 Å². The van der Waals surface area contributed by atoms with E-state index in [1.165, 1.54) is 44.9 Å². The molecule has 1 aromatic carbocycles. The number of carbonyl (C=O) groups excluding carboxylic acids is 1. The van der Waals surface area contributed by atoms with Crippen molar-refractivity contribution in [1.29, 1.82) is 0 Å². The monoisotopic (exact) mass is 263 g/mol. The maximum atomic E-state index is 13.8. The topological polar surface area (TPSA) is 38.3 Å². The summed E-state index contributed by atoms with van der Waals surface area (Å²) < 4.78 is 18.8. The lowest BCUT2D eigenvalue weighted by Crippen LogP contribution is -2.38. The van der Waals surface area contributed by atoms with Crippen LogP contribution in [-0.2, 0) is 0 Å². The molecule has 3 rings (SSSR count). The molecule has 102 valence electrons. The molecular weight excluding hydrogens is 245 g/mol. The average Bonchev–Trinajstić information content (AvgIpc) is 3.28. The van der Waals surface area contributed by atoms with Crippen molar-refractivity contribution >= 4 is 5.91 Å². The van der Waals surface area contributed by atoms with Gasteiger partial charge in [-0.15, -0.1) is 0 Å². The number of rotatable bonds is 5. The Kier molecular flexibility index (Phi) is 3.17. The standard InChI is InChI=1S/C15H18FNO2/c1-19-11-6-7-12(13(16)8-11)15(18)17-14(9-2-3-9)10-4-5-10/h6-10,14H,2-5H2,1H3,(H,17,18). The van der Waals surface area contributed by atoms with Crippen LogP contribution in [0.4, 0.5) is 4.39 Å². The maximum absolute atomic E-state index is 13.8. The number of benzene rings is 1. The van der Waals surface area contributed by atoms with Crippen LogP contribution >= 0.6 is 0 Å². The first-order valence-electron chi connectivity index (χ1n) is 6.83. The van der Waals surface area contributed by atoms with E-state index in [4.69, 9.17) is 4.74 Å². The third-order valence-electron chi connectivity index (χ3n) is 3.98. The minimum atomic E-state index is -0.526. The molecule has 4 heteroatoms. The van der Waals surface area contributed by atoms with E-state index in [0.717, 1.165) is 0 Å². The van der Waals surface area contributed by atoms with Crippen LogP contribution in [0.15, 0.2) is 18.2 Å². The lowest BCUT2D eigenvalue weighted by Gasteiger charge is -2.18. The van der Waals surface area contributed by atoms with Gasteiger partial charge in [0.1, 0.15) is 11.6 Å². The zero-order valence-corrected chi connectivity index (χ0v) is 11.0. The fourth-order valence-electron chi connectivity index (χ4n) is 2.57. The Hall–Kier alpha value is -1.58. The van der Waals surface area contributed by atoms with Gasteiger partial charge < -0.3 is 10.1 Å². The van der Waals surface area contributed by atoms with Crippen LogP contribution in [0.2, 0.25) is 0 Å². The minimum Gasteiger partial charge on any atom is -0.497 e. The molecule has 2 aliphatic carbocycles. The summed E-state index contributed by atoms with van der Waals surface area (Å²) in [5.74, 6) is 0.816. The van der Waals surface area contributed by atoms with Crippen molar-refractivity contribution in [3.8, 4) is 5.75 Å². The minimum absolute atomic E-state index is 0.104. The van der Waals surface area contributed by atoms with Gasteiger partial charge in [0.15, 0.2) is 0 Å². The second-order valence-electron chi connectivity index (χ2n) is 5.52. The van der Waals surface area contributed by atoms with E-state index in [1.807, 2.05) is 0 Å². The molecule has 2 aliphatic rings. The summed E-state index contributed by atoms with van der Waals surface area (Å²) in [5, 5.41) is 3.02. The van der Waals surface area contributed by atoms with Gasteiger partial charge in [-0.25, -0.2) is 4.39 Å². The van der Waals surface area contributed by atoms with E-state index in [0.29, 0.717) is 17.6 Å². The molecule has 1 amide bonds. The first kappa shape index (κ1) is 12.5. The number of carbonyl (C=O) groups is 1. The molecular formula is C15H18FNO2. The molecule has 1 aromatic rings. The lowest BCUT2D eigenvalue weighted by atomic mass is 10.1. The van der Waals surface area contributed by atoms with Crippen LogP contribution in [0.5, 0.6) is 5.75 Å². The fraction of sp³-hybridized carbons (Fsp3) is 0.533. The summed E-state index contributed by atoms with van der Waals surface area (Å²) in [7, 11) is 1.48. The Morgan fingerprint density at radius 3 is 2.42 bits per heavy atom. The quantitative estimate of drug-likeness (QED) is 0.887. The van der Waals surface area contributed by atoms with Gasteiger partial charge in [-0.2, -0.15) is 0 Å². The van der Waals surface area contributed by atoms with Crippen molar-refractivity contribution in [2.75, 3.05) is 7.11 Å². The van der Waals surface area contributed by atoms with Gasteiger partial charge in [0.25, 0.3) is 5.91 Å². The Labute approximate surface area is 112 Å². The number of halogens is 1. The molecule has 0 heterocycles. The third kappa shape index (κ3) is 2.72. The summed E-state index contributed by atoms with van der Waals surface area (Å²) in [6, 6.07) is 4.59. The molecule has 3 nitrogen and oxygen atoms in total. The third-order valence-corrected chi connectivity index (χ3v) is 3.98. The number of ether oxygens (including phenoxy) is 1. The number of amides is 1. The molecule has 2 fully saturated rings. The van der Waals surface area contributed by atoms with Crippen molar-refractivity contribution in [1.82, 2.24) is 5.32 Å². The van der Waals surface area contributed by atoms with E-state index in [-0.39, 0.29) is 17.5 Å². The van der Waals surface area contributed by atoms with E-state index < -0.39 is 5.82 Å². The Morgan fingerprint density at radius 1 is 1.32 bits per heavy atom. The molecule has 19 heavy (non-hydrogen) atoms. The van der Waals surface area contributed by atoms with Gasteiger partial charge in [-0.3, -0.25) is 4.79 Å². The van der Waals surface area contributed by atoms with E-state index in [2.05, 4.69) is 5.32 Å². The van der Waals surface area contributed by atoms with Gasteiger partial charge >= 0.3 is 0 Å². The van der Waals surface area contributed by atoms with Crippen LogP contribution < -0.4 is 10.1 Å². The number of nitrogens with one attached hydrogen (secondary N) is 1. The number of hydrogen-bond donors (Lipinski definition) is 1. The lowest BCUT2D eigenvalue weighted by molar-refractivity contribution is 0.0922. The van der Waals surface area contributed by atoms with Gasteiger partial charge in [0.2, 0.25) is 0 Å². The van der Waals surface area contributed by atoms with Crippen molar-refractivity contribution in [2.45, 2.75) is 31.7 Å². The largest absolute Gasteiger partial charge is 0.497 e. The van der Waals surface area contributed by atoms with Crippen LogP contribution in [0, 0.1) is 17.7 Å². The summed E-state index contributed by atoms with van der Waals surface area (Å²) in [6.45, 7) is 0.